The van der Waals surface area contributed by atoms with E-state index in [-0.39, 0.29) is 12.2 Å². The highest BCUT2D eigenvalue weighted by molar-refractivity contribution is 5.85. The molecule has 2 aliphatic rings. The molecule has 3 nitrogen and oxygen atoms in total. The van der Waals surface area contributed by atoms with Crippen LogP contribution in [-0.4, -0.2) is 22.9 Å². The summed E-state index contributed by atoms with van der Waals surface area (Å²) in [5.41, 5.74) is 2.47. The number of amides is 1. The zero-order chi connectivity index (χ0) is 15.0. The topological polar surface area (TPSA) is 32.3 Å². The van der Waals surface area contributed by atoms with Crippen LogP contribution in [0.4, 0.5) is 0 Å². The fourth-order valence-corrected chi connectivity index (χ4v) is 3.84. The van der Waals surface area contributed by atoms with Crippen molar-refractivity contribution < 1.29 is 4.79 Å². The Morgan fingerprint density at radius 1 is 1.24 bits per heavy atom. The Kier molecular flexibility index (Phi) is 4.03. The first-order valence-electron chi connectivity index (χ1n) is 8.26. The van der Waals surface area contributed by atoms with Gasteiger partial charge in [-0.3, -0.25) is 10.1 Å². The normalized spacial score (nSPS) is 32.9. The molecule has 1 aliphatic heterocycles. The molecule has 1 saturated heterocycles. The Hall–Kier alpha value is -1.35. The highest BCUT2D eigenvalue weighted by Crippen LogP contribution is 2.37. The number of aryl methyl sites for hydroxylation is 1. The summed E-state index contributed by atoms with van der Waals surface area (Å²) in [5.74, 6) is 0.904. The van der Waals surface area contributed by atoms with Crippen molar-refractivity contribution in [2.24, 2.45) is 5.92 Å². The fraction of sp³-hybridized carbons (Fsp3) is 0.611. The van der Waals surface area contributed by atoms with E-state index in [1.807, 2.05) is 0 Å². The van der Waals surface area contributed by atoms with Gasteiger partial charge in [0.05, 0.1) is 6.04 Å². The maximum Gasteiger partial charge on any atom is 0.241 e. The quantitative estimate of drug-likeness (QED) is 0.923. The number of carbonyl (C=O) groups is 1. The van der Waals surface area contributed by atoms with Crippen molar-refractivity contribution in [2.75, 3.05) is 0 Å². The number of nitrogens with one attached hydrogen (secondary N) is 1. The molecule has 0 bridgehead atoms. The second-order valence-electron chi connectivity index (χ2n) is 6.66. The van der Waals surface area contributed by atoms with Crippen LogP contribution in [0.2, 0.25) is 0 Å². The maximum absolute atomic E-state index is 12.8. The van der Waals surface area contributed by atoms with Crippen LogP contribution in [-0.2, 0) is 4.79 Å². The van der Waals surface area contributed by atoms with Gasteiger partial charge in [-0.25, -0.2) is 0 Å². The van der Waals surface area contributed by atoms with E-state index in [2.05, 4.69) is 55.3 Å². The molecule has 114 valence electrons. The lowest BCUT2D eigenvalue weighted by Crippen LogP contribution is -2.41. The zero-order valence-corrected chi connectivity index (χ0v) is 13.3. The monoisotopic (exact) mass is 286 g/mol. The Labute approximate surface area is 127 Å². The van der Waals surface area contributed by atoms with E-state index in [1.165, 1.54) is 24.0 Å². The molecule has 3 heteroatoms. The minimum absolute atomic E-state index is 0.0240. The standard InChI is InChI=1S/C18H26N2O/c1-4-15-18(21)20(16-7-5-6-13(16)3)17(19-15)14-10-8-12(2)9-11-14/h8-11,13,15-17,19H,4-7H2,1-3H3. The smallest absolute Gasteiger partial charge is 0.241 e. The van der Waals surface area contributed by atoms with Crippen molar-refractivity contribution in [1.82, 2.24) is 10.2 Å². The molecule has 1 aliphatic carbocycles. The van der Waals surface area contributed by atoms with E-state index in [4.69, 9.17) is 0 Å². The van der Waals surface area contributed by atoms with E-state index in [1.54, 1.807) is 0 Å². The van der Waals surface area contributed by atoms with Gasteiger partial charge >= 0.3 is 0 Å². The van der Waals surface area contributed by atoms with Crippen LogP contribution in [0.5, 0.6) is 0 Å². The molecule has 0 spiro atoms. The van der Waals surface area contributed by atoms with Crippen molar-refractivity contribution in [2.45, 2.75) is 64.7 Å². The maximum atomic E-state index is 12.8. The minimum atomic E-state index is -0.0240. The Bertz CT molecular complexity index is 510. The van der Waals surface area contributed by atoms with Crippen LogP contribution in [0, 0.1) is 12.8 Å². The van der Waals surface area contributed by atoms with Crippen molar-refractivity contribution in [3.63, 3.8) is 0 Å². The van der Waals surface area contributed by atoms with Gasteiger partial charge < -0.3 is 4.90 Å². The summed E-state index contributed by atoms with van der Waals surface area (Å²) in [4.78, 5) is 14.9. The lowest BCUT2D eigenvalue weighted by Gasteiger charge is -2.33. The number of nitrogens with zero attached hydrogens (tertiary/aromatic N) is 1. The first kappa shape index (κ1) is 14.6. The summed E-state index contributed by atoms with van der Waals surface area (Å²) in [7, 11) is 0. The number of hydrogen-bond donors (Lipinski definition) is 1. The Balaban J connectivity index is 1.92. The summed E-state index contributed by atoms with van der Waals surface area (Å²) >= 11 is 0. The van der Waals surface area contributed by atoms with E-state index >= 15 is 0 Å². The van der Waals surface area contributed by atoms with Gasteiger partial charge in [0.1, 0.15) is 6.17 Å². The highest BCUT2D eigenvalue weighted by Gasteiger charge is 2.44. The van der Waals surface area contributed by atoms with Crippen LogP contribution in [0.3, 0.4) is 0 Å². The van der Waals surface area contributed by atoms with Gasteiger partial charge in [-0.2, -0.15) is 0 Å². The molecule has 21 heavy (non-hydrogen) atoms. The van der Waals surface area contributed by atoms with E-state index in [0.29, 0.717) is 17.9 Å². The predicted octanol–water partition coefficient (Wildman–Crippen LogP) is 3.39. The van der Waals surface area contributed by atoms with Gasteiger partial charge in [0.2, 0.25) is 5.91 Å². The van der Waals surface area contributed by atoms with E-state index < -0.39 is 0 Å². The van der Waals surface area contributed by atoms with Crippen molar-refractivity contribution in [3.8, 4) is 0 Å². The summed E-state index contributed by atoms with van der Waals surface area (Å²) in [5, 5.41) is 3.55. The molecule has 4 unspecified atom stereocenters. The fourth-order valence-electron chi connectivity index (χ4n) is 3.84. The van der Waals surface area contributed by atoms with Crippen LogP contribution < -0.4 is 5.32 Å². The molecular formula is C18H26N2O. The molecule has 3 rings (SSSR count). The van der Waals surface area contributed by atoms with Gasteiger partial charge in [0.25, 0.3) is 0 Å². The molecule has 0 radical (unpaired) electrons. The van der Waals surface area contributed by atoms with Crippen molar-refractivity contribution in [3.05, 3.63) is 35.4 Å². The molecule has 1 aromatic rings. The van der Waals surface area contributed by atoms with Crippen LogP contribution in [0.15, 0.2) is 24.3 Å². The van der Waals surface area contributed by atoms with Crippen LogP contribution in [0.25, 0.3) is 0 Å². The molecule has 4 atom stereocenters. The SMILES string of the molecule is CCC1NC(c2ccc(C)cc2)N(C2CCCC2C)C1=O. The molecule has 1 N–H and O–H groups in total. The highest BCUT2D eigenvalue weighted by atomic mass is 16.2. The molecule has 2 fully saturated rings. The average molecular weight is 286 g/mol. The third-order valence-corrected chi connectivity index (χ3v) is 5.16. The molecule has 1 heterocycles. The third-order valence-electron chi connectivity index (χ3n) is 5.16. The molecular weight excluding hydrogens is 260 g/mol. The Morgan fingerprint density at radius 3 is 2.52 bits per heavy atom. The number of carbonyl (C=O) groups excluding carboxylic acids is 1. The lowest BCUT2D eigenvalue weighted by molar-refractivity contribution is -0.133. The average Bonchev–Trinajstić information content (AvgIpc) is 3.03. The van der Waals surface area contributed by atoms with E-state index in [0.717, 1.165) is 12.8 Å². The Morgan fingerprint density at radius 2 is 1.95 bits per heavy atom. The number of rotatable bonds is 3. The van der Waals surface area contributed by atoms with Gasteiger partial charge in [0.15, 0.2) is 0 Å². The van der Waals surface area contributed by atoms with Gasteiger partial charge in [-0.05, 0) is 37.7 Å². The first-order chi connectivity index (χ1) is 10.1. The minimum Gasteiger partial charge on any atom is -0.318 e. The van der Waals surface area contributed by atoms with Gasteiger partial charge in [-0.15, -0.1) is 0 Å². The summed E-state index contributed by atoms with van der Waals surface area (Å²) in [6.45, 7) is 6.47. The van der Waals surface area contributed by atoms with Gasteiger partial charge in [0, 0.05) is 6.04 Å². The largest absolute Gasteiger partial charge is 0.318 e. The molecule has 0 aromatic heterocycles. The van der Waals surface area contributed by atoms with Crippen LogP contribution >= 0.6 is 0 Å². The number of hydrogen-bond acceptors (Lipinski definition) is 2. The van der Waals surface area contributed by atoms with Crippen molar-refractivity contribution >= 4 is 5.91 Å². The summed E-state index contributed by atoms with van der Waals surface area (Å²) in [6, 6.07) is 8.96. The molecule has 1 amide bonds. The first-order valence-corrected chi connectivity index (χ1v) is 8.26. The predicted molar refractivity (Wildman–Crippen MR) is 84.8 cm³/mol. The summed E-state index contributed by atoms with van der Waals surface area (Å²) < 4.78 is 0. The van der Waals surface area contributed by atoms with Crippen LogP contribution in [0.1, 0.15) is 56.8 Å². The zero-order valence-electron chi connectivity index (χ0n) is 13.3. The summed E-state index contributed by atoms with van der Waals surface area (Å²) in [6.07, 6.45) is 4.54. The molecule has 1 saturated carbocycles. The third kappa shape index (κ3) is 2.59. The number of benzene rings is 1. The molecule has 1 aromatic carbocycles. The van der Waals surface area contributed by atoms with E-state index in [9.17, 15) is 4.79 Å². The van der Waals surface area contributed by atoms with Crippen molar-refractivity contribution in [1.29, 1.82) is 0 Å². The van der Waals surface area contributed by atoms with Gasteiger partial charge in [-0.1, -0.05) is 50.1 Å². The second-order valence-corrected chi connectivity index (χ2v) is 6.66. The lowest BCUT2D eigenvalue weighted by atomic mass is 10.0. The second kappa shape index (κ2) is 5.80.